The molecule has 3 amide bonds. The first-order valence-electron chi connectivity index (χ1n) is 12.6. The molecule has 3 N–H and O–H groups in total. The van der Waals surface area contributed by atoms with Crippen molar-refractivity contribution in [1.29, 1.82) is 0 Å². The maximum absolute atomic E-state index is 13.0. The van der Waals surface area contributed by atoms with Gasteiger partial charge in [0, 0.05) is 23.1 Å². The normalized spacial score (nSPS) is 11.4. The molecule has 0 aliphatic rings. The average molecular weight is 520 g/mol. The second-order valence-electron chi connectivity index (χ2n) is 9.12. The molecule has 2 aromatic carbocycles. The zero-order valence-electron chi connectivity index (χ0n) is 21.7. The molecule has 0 atom stereocenters. The Morgan fingerprint density at radius 2 is 1.58 bits per heavy atom. The smallest absolute Gasteiger partial charge is 0.325 e. The van der Waals surface area contributed by atoms with Gasteiger partial charge < -0.3 is 15.1 Å². The zero-order valence-corrected chi connectivity index (χ0v) is 21.7. The van der Waals surface area contributed by atoms with Crippen LogP contribution in [0.5, 0.6) is 0 Å². The van der Waals surface area contributed by atoms with Crippen LogP contribution in [0.25, 0.3) is 5.52 Å². The first kappa shape index (κ1) is 26.7. The largest absolute Gasteiger partial charge is 0.337 e. The van der Waals surface area contributed by atoms with Gasteiger partial charge in [-0.2, -0.15) is 0 Å². The Morgan fingerprint density at radius 1 is 0.921 bits per heavy atom. The van der Waals surface area contributed by atoms with E-state index in [2.05, 4.69) is 58.3 Å². The molecule has 10 nitrogen and oxygen atoms in total. The second kappa shape index (κ2) is 11.8. The zero-order chi connectivity index (χ0) is 27.1. The summed E-state index contributed by atoms with van der Waals surface area (Å²) in [6.07, 6.45) is 1.86. The summed E-state index contributed by atoms with van der Waals surface area (Å²) >= 11 is 0. The highest BCUT2D eigenvalue weighted by Crippen LogP contribution is 2.26. The SMILES string of the molecule is CC[N+](CC)(CC)Cc1ccn2nnnc(Nc3ccc(NC(=O)NC(=O)Cc4ccc(F)cc4)cc3)c12. The summed E-state index contributed by atoms with van der Waals surface area (Å²) in [6.45, 7) is 10.6. The third kappa shape index (κ3) is 6.30. The van der Waals surface area contributed by atoms with Gasteiger partial charge in [0.15, 0.2) is 5.82 Å². The van der Waals surface area contributed by atoms with E-state index in [1.807, 2.05) is 6.20 Å². The van der Waals surface area contributed by atoms with Crippen molar-refractivity contribution in [2.75, 3.05) is 30.3 Å². The fourth-order valence-corrected chi connectivity index (χ4v) is 4.43. The first-order chi connectivity index (χ1) is 18.3. The molecule has 0 aliphatic heterocycles. The van der Waals surface area contributed by atoms with Crippen LogP contribution in [0.2, 0.25) is 0 Å². The number of nitrogens with one attached hydrogen (secondary N) is 3. The predicted octanol–water partition coefficient (Wildman–Crippen LogP) is 4.27. The number of carbonyl (C=O) groups excluding carboxylic acids is 2. The van der Waals surface area contributed by atoms with Crippen molar-refractivity contribution in [3.63, 3.8) is 0 Å². The number of hydrogen-bond acceptors (Lipinski definition) is 6. The van der Waals surface area contributed by atoms with E-state index < -0.39 is 11.9 Å². The number of rotatable bonds is 10. The highest BCUT2D eigenvalue weighted by molar-refractivity contribution is 6.01. The van der Waals surface area contributed by atoms with E-state index in [0.29, 0.717) is 17.1 Å². The molecule has 0 aliphatic carbocycles. The number of imide groups is 1. The second-order valence-corrected chi connectivity index (χ2v) is 9.12. The molecule has 0 unspecified atom stereocenters. The number of urea groups is 1. The van der Waals surface area contributed by atoms with Gasteiger partial charge in [0.2, 0.25) is 5.91 Å². The maximum atomic E-state index is 13.0. The Hall–Kier alpha value is -4.38. The molecule has 4 aromatic rings. The Morgan fingerprint density at radius 3 is 2.24 bits per heavy atom. The van der Waals surface area contributed by atoms with Gasteiger partial charge in [-0.3, -0.25) is 10.1 Å². The lowest BCUT2D eigenvalue weighted by Crippen LogP contribution is -2.46. The Bertz CT molecular complexity index is 1390. The third-order valence-corrected chi connectivity index (χ3v) is 6.91. The number of amides is 3. The Labute approximate surface area is 220 Å². The van der Waals surface area contributed by atoms with Crippen LogP contribution in [0.15, 0.2) is 60.8 Å². The molecular weight excluding hydrogens is 487 g/mol. The van der Waals surface area contributed by atoms with Crippen LogP contribution < -0.4 is 16.0 Å². The van der Waals surface area contributed by atoms with Gasteiger partial charge in [0.1, 0.15) is 17.9 Å². The van der Waals surface area contributed by atoms with Crippen molar-refractivity contribution in [2.24, 2.45) is 0 Å². The molecule has 0 fully saturated rings. The summed E-state index contributed by atoms with van der Waals surface area (Å²) in [5, 5.41) is 20.5. The van der Waals surface area contributed by atoms with E-state index in [4.69, 9.17) is 0 Å². The molecule has 11 heteroatoms. The van der Waals surface area contributed by atoms with Crippen LogP contribution >= 0.6 is 0 Å². The van der Waals surface area contributed by atoms with Crippen LogP contribution in [-0.2, 0) is 17.8 Å². The fraction of sp³-hybridized carbons (Fsp3) is 0.296. The van der Waals surface area contributed by atoms with Crippen molar-refractivity contribution in [2.45, 2.75) is 33.7 Å². The van der Waals surface area contributed by atoms with E-state index in [-0.39, 0.29) is 12.2 Å². The number of halogens is 1. The van der Waals surface area contributed by atoms with Crippen LogP contribution in [0.3, 0.4) is 0 Å². The summed E-state index contributed by atoms with van der Waals surface area (Å²) in [5.41, 5.74) is 3.88. The van der Waals surface area contributed by atoms with E-state index in [1.54, 1.807) is 28.8 Å². The van der Waals surface area contributed by atoms with Gasteiger partial charge in [-0.25, -0.2) is 13.7 Å². The topological polar surface area (TPSA) is 113 Å². The molecule has 2 heterocycles. The minimum Gasteiger partial charge on any atom is -0.337 e. The minimum atomic E-state index is -0.651. The number of carbonyl (C=O) groups is 2. The van der Waals surface area contributed by atoms with Crippen molar-refractivity contribution in [3.05, 3.63) is 77.7 Å². The quantitative estimate of drug-likeness (QED) is 0.270. The minimum absolute atomic E-state index is 0.0332. The molecule has 38 heavy (non-hydrogen) atoms. The summed E-state index contributed by atoms with van der Waals surface area (Å²) in [5.74, 6) is -0.288. The molecule has 2 aromatic heterocycles. The predicted molar refractivity (Wildman–Crippen MR) is 143 cm³/mol. The van der Waals surface area contributed by atoms with Crippen LogP contribution in [0.1, 0.15) is 31.9 Å². The van der Waals surface area contributed by atoms with E-state index >= 15 is 0 Å². The summed E-state index contributed by atoms with van der Waals surface area (Å²) in [4.78, 5) is 24.4. The van der Waals surface area contributed by atoms with Crippen LogP contribution in [0, 0.1) is 5.82 Å². The molecule has 0 saturated carbocycles. The van der Waals surface area contributed by atoms with Gasteiger partial charge in [-0.1, -0.05) is 12.1 Å². The number of hydrogen-bond donors (Lipinski definition) is 3. The summed E-state index contributed by atoms with van der Waals surface area (Å²) in [6, 6.07) is 14.0. The molecule has 0 radical (unpaired) electrons. The molecule has 0 bridgehead atoms. The number of anilines is 3. The molecule has 4 rings (SSSR count). The summed E-state index contributed by atoms with van der Waals surface area (Å²) < 4.78 is 15.7. The van der Waals surface area contributed by atoms with E-state index in [9.17, 15) is 14.0 Å². The van der Waals surface area contributed by atoms with Gasteiger partial charge >= 0.3 is 6.03 Å². The highest BCUT2D eigenvalue weighted by atomic mass is 19.1. The van der Waals surface area contributed by atoms with E-state index in [1.165, 1.54) is 24.3 Å². The summed E-state index contributed by atoms with van der Waals surface area (Å²) in [7, 11) is 0. The lowest BCUT2D eigenvalue weighted by molar-refractivity contribution is -0.936. The molecule has 0 spiro atoms. The fourth-order valence-electron chi connectivity index (χ4n) is 4.43. The standard InChI is InChI=1S/C27H31FN8O2/c1-4-36(5-2,6-3)18-20-15-16-35-25(20)26(32-33-34-35)29-22-11-13-23(14-12-22)30-27(38)31-24(37)17-19-7-9-21(28)10-8-19/h7-16H,4-6,17-18H2,1-3H3,(H2-,29,30,31,32,33,34,37,38)/p+1. The van der Waals surface area contributed by atoms with Gasteiger partial charge in [-0.05, 0) is 79.2 Å². The molecule has 198 valence electrons. The van der Waals surface area contributed by atoms with Gasteiger partial charge in [0.05, 0.1) is 26.1 Å². The van der Waals surface area contributed by atoms with Crippen molar-refractivity contribution in [3.8, 4) is 0 Å². The third-order valence-electron chi connectivity index (χ3n) is 6.91. The van der Waals surface area contributed by atoms with Crippen molar-refractivity contribution >= 4 is 34.6 Å². The van der Waals surface area contributed by atoms with E-state index in [0.717, 1.165) is 47.4 Å². The number of aromatic nitrogens is 4. The highest BCUT2D eigenvalue weighted by Gasteiger charge is 2.24. The molecule has 0 saturated heterocycles. The lowest BCUT2D eigenvalue weighted by atomic mass is 10.1. The lowest BCUT2D eigenvalue weighted by Gasteiger charge is -2.35. The Balaban J connectivity index is 1.41. The maximum Gasteiger partial charge on any atom is 0.325 e. The number of fused-ring (bicyclic) bond motifs is 1. The van der Waals surface area contributed by atoms with Crippen molar-refractivity contribution < 1.29 is 18.5 Å². The van der Waals surface area contributed by atoms with Gasteiger partial charge in [-0.15, -0.1) is 5.10 Å². The number of benzene rings is 2. The molecular formula is C27H32FN8O2+. The van der Waals surface area contributed by atoms with Crippen LogP contribution in [-0.4, -0.2) is 56.1 Å². The number of quaternary nitrogens is 1. The Kier molecular flexibility index (Phi) is 8.27. The average Bonchev–Trinajstić information content (AvgIpc) is 3.33. The van der Waals surface area contributed by atoms with Crippen LogP contribution in [0.4, 0.5) is 26.4 Å². The van der Waals surface area contributed by atoms with Gasteiger partial charge in [0.25, 0.3) is 0 Å². The number of nitrogens with zero attached hydrogens (tertiary/aromatic N) is 5. The van der Waals surface area contributed by atoms with Crippen molar-refractivity contribution in [1.82, 2.24) is 25.4 Å². The first-order valence-corrected chi connectivity index (χ1v) is 12.6. The monoisotopic (exact) mass is 519 g/mol.